The van der Waals surface area contributed by atoms with E-state index in [1.165, 1.54) is 12.3 Å². The zero-order chi connectivity index (χ0) is 8.43. The minimum atomic E-state index is -1.61. The third kappa shape index (κ3) is 2.07. The summed E-state index contributed by atoms with van der Waals surface area (Å²) in [5, 5.41) is 17.8. The Balaban J connectivity index is 3.13. The third-order valence-corrected chi connectivity index (χ3v) is 1.65. The van der Waals surface area contributed by atoms with Crippen molar-refractivity contribution in [1.82, 2.24) is 4.98 Å². The van der Waals surface area contributed by atoms with Gasteiger partial charge in [0.15, 0.2) is 0 Å². The zero-order valence-electron chi connectivity index (χ0n) is 5.33. The van der Waals surface area contributed by atoms with Crippen molar-refractivity contribution in [2.75, 3.05) is 0 Å². The molecule has 0 radical (unpaired) electrons. The number of halogens is 2. The summed E-state index contributed by atoms with van der Waals surface area (Å²) in [6.45, 7) is 0. The monoisotopic (exact) mass is 191 g/mol. The molecule has 0 aliphatic rings. The average Bonchev–Trinajstić information content (AvgIpc) is 1.94. The highest BCUT2D eigenvalue weighted by Crippen LogP contribution is 2.07. The van der Waals surface area contributed by atoms with E-state index >= 15 is 0 Å². The summed E-state index contributed by atoms with van der Waals surface area (Å²) < 4.78 is 0. The maximum Gasteiger partial charge on any atom is 0.490 e. The maximum absolute atomic E-state index is 8.71. The van der Waals surface area contributed by atoms with Gasteiger partial charge < -0.3 is 10.0 Å². The first-order valence-corrected chi connectivity index (χ1v) is 3.54. The van der Waals surface area contributed by atoms with E-state index in [1.807, 2.05) is 0 Å². The van der Waals surface area contributed by atoms with E-state index in [-0.39, 0.29) is 15.6 Å². The SMILES string of the molecule is OB(O)c1cc(Cl)ncc1Cl. The van der Waals surface area contributed by atoms with Gasteiger partial charge in [0.05, 0.1) is 5.02 Å². The Bertz CT molecular complexity index is 269. The van der Waals surface area contributed by atoms with Gasteiger partial charge in [0.25, 0.3) is 0 Å². The first kappa shape index (κ1) is 8.81. The van der Waals surface area contributed by atoms with Crippen molar-refractivity contribution in [2.45, 2.75) is 0 Å². The molecule has 0 unspecified atom stereocenters. The molecule has 6 heteroatoms. The largest absolute Gasteiger partial charge is 0.490 e. The molecule has 1 aromatic rings. The van der Waals surface area contributed by atoms with Crippen molar-refractivity contribution in [3.8, 4) is 0 Å². The summed E-state index contributed by atoms with van der Waals surface area (Å²) in [6, 6.07) is 1.30. The molecule has 3 nitrogen and oxygen atoms in total. The van der Waals surface area contributed by atoms with Crippen molar-refractivity contribution in [3.63, 3.8) is 0 Å². The summed E-state index contributed by atoms with van der Waals surface area (Å²) in [4.78, 5) is 3.63. The van der Waals surface area contributed by atoms with Crippen LogP contribution < -0.4 is 5.46 Å². The van der Waals surface area contributed by atoms with Crippen LogP contribution in [-0.2, 0) is 0 Å². The average molecular weight is 192 g/mol. The summed E-state index contributed by atoms with van der Waals surface area (Å²) >= 11 is 11.0. The van der Waals surface area contributed by atoms with E-state index < -0.39 is 7.12 Å². The predicted molar refractivity (Wildman–Crippen MR) is 44.1 cm³/mol. The molecule has 1 heterocycles. The molecule has 0 saturated carbocycles. The van der Waals surface area contributed by atoms with Crippen molar-refractivity contribution in [2.24, 2.45) is 0 Å². The van der Waals surface area contributed by atoms with Crippen LogP contribution in [0, 0.1) is 0 Å². The maximum atomic E-state index is 8.71. The molecule has 0 amide bonds. The van der Waals surface area contributed by atoms with Gasteiger partial charge in [-0.1, -0.05) is 23.2 Å². The fourth-order valence-corrected chi connectivity index (χ4v) is 0.993. The number of pyridine rings is 1. The van der Waals surface area contributed by atoms with Gasteiger partial charge in [-0.05, 0) is 6.07 Å². The normalized spacial score (nSPS) is 9.82. The Labute approximate surface area is 73.7 Å². The highest BCUT2D eigenvalue weighted by molar-refractivity contribution is 6.63. The van der Waals surface area contributed by atoms with Gasteiger partial charge in [-0.3, -0.25) is 0 Å². The molecule has 0 bridgehead atoms. The van der Waals surface area contributed by atoms with Crippen LogP contribution in [0.1, 0.15) is 0 Å². The molecule has 0 spiro atoms. The molecule has 58 valence electrons. The number of aromatic nitrogens is 1. The Morgan fingerprint density at radius 1 is 1.36 bits per heavy atom. The lowest BCUT2D eigenvalue weighted by molar-refractivity contribution is 0.426. The van der Waals surface area contributed by atoms with E-state index in [1.54, 1.807) is 0 Å². The first-order valence-electron chi connectivity index (χ1n) is 2.78. The molecular formula is C5H4BCl2NO2. The lowest BCUT2D eigenvalue weighted by Gasteiger charge is -2.00. The van der Waals surface area contributed by atoms with Crippen LogP contribution in [0.3, 0.4) is 0 Å². The molecule has 0 aliphatic heterocycles. The summed E-state index contributed by atoms with van der Waals surface area (Å²) in [6.07, 6.45) is 1.26. The van der Waals surface area contributed by atoms with Gasteiger partial charge >= 0.3 is 7.12 Å². The second kappa shape index (κ2) is 3.41. The Kier molecular flexibility index (Phi) is 2.73. The molecule has 11 heavy (non-hydrogen) atoms. The summed E-state index contributed by atoms with van der Waals surface area (Å²) in [5.41, 5.74) is 0.159. The quantitative estimate of drug-likeness (QED) is 0.488. The Hall–Kier alpha value is -0.285. The molecule has 2 N–H and O–H groups in total. The summed E-state index contributed by atoms with van der Waals surface area (Å²) in [7, 11) is -1.61. The lowest BCUT2D eigenvalue weighted by atomic mass is 9.81. The minimum Gasteiger partial charge on any atom is -0.423 e. The zero-order valence-corrected chi connectivity index (χ0v) is 6.84. The van der Waals surface area contributed by atoms with Crippen LogP contribution in [0.4, 0.5) is 0 Å². The van der Waals surface area contributed by atoms with Gasteiger partial charge in [0.2, 0.25) is 0 Å². The first-order chi connectivity index (χ1) is 5.11. The lowest BCUT2D eigenvalue weighted by Crippen LogP contribution is -2.30. The van der Waals surface area contributed by atoms with Crippen LogP contribution >= 0.6 is 23.2 Å². The topological polar surface area (TPSA) is 53.4 Å². The van der Waals surface area contributed by atoms with Crippen molar-refractivity contribution in [3.05, 3.63) is 22.4 Å². The predicted octanol–water partition coefficient (Wildman–Crippen LogP) is 0.0682. The number of hydrogen-bond donors (Lipinski definition) is 2. The smallest absolute Gasteiger partial charge is 0.423 e. The summed E-state index contributed by atoms with van der Waals surface area (Å²) in [5.74, 6) is 0. The number of rotatable bonds is 1. The fourth-order valence-electron chi connectivity index (χ4n) is 0.625. The molecule has 0 atom stereocenters. The van der Waals surface area contributed by atoms with Crippen molar-refractivity contribution >= 4 is 35.8 Å². The molecule has 1 aromatic heterocycles. The van der Waals surface area contributed by atoms with E-state index in [9.17, 15) is 0 Å². The highest BCUT2D eigenvalue weighted by atomic mass is 35.5. The molecule has 0 aliphatic carbocycles. The van der Waals surface area contributed by atoms with E-state index in [0.29, 0.717) is 0 Å². The van der Waals surface area contributed by atoms with Crippen LogP contribution in [0.15, 0.2) is 12.3 Å². The highest BCUT2D eigenvalue weighted by Gasteiger charge is 2.15. The molecule has 0 aromatic carbocycles. The standard InChI is InChI=1S/C5H4BCl2NO2/c7-4-2-9-5(8)1-3(4)6(10)11/h1-2,10-11H. The molecule has 0 saturated heterocycles. The Morgan fingerprint density at radius 3 is 2.45 bits per heavy atom. The van der Waals surface area contributed by atoms with Gasteiger partial charge in [-0.2, -0.15) is 0 Å². The van der Waals surface area contributed by atoms with Crippen LogP contribution in [0.2, 0.25) is 10.2 Å². The van der Waals surface area contributed by atoms with Crippen LogP contribution in [0.25, 0.3) is 0 Å². The number of hydrogen-bond acceptors (Lipinski definition) is 3. The number of nitrogens with zero attached hydrogens (tertiary/aromatic N) is 1. The molecule has 1 rings (SSSR count). The molecule has 0 fully saturated rings. The second-order valence-corrected chi connectivity index (χ2v) is 2.70. The van der Waals surface area contributed by atoms with Gasteiger partial charge in [0, 0.05) is 11.7 Å². The fraction of sp³-hybridized carbons (Fsp3) is 0. The van der Waals surface area contributed by atoms with Gasteiger partial charge in [0.1, 0.15) is 5.15 Å². The van der Waals surface area contributed by atoms with Crippen LogP contribution in [0.5, 0.6) is 0 Å². The van der Waals surface area contributed by atoms with E-state index in [2.05, 4.69) is 4.98 Å². The van der Waals surface area contributed by atoms with Crippen LogP contribution in [-0.4, -0.2) is 22.2 Å². The van der Waals surface area contributed by atoms with Gasteiger partial charge in [-0.15, -0.1) is 0 Å². The third-order valence-electron chi connectivity index (χ3n) is 1.13. The minimum absolute atomic E-state index is 0.159. The Morgan fingerprint density at radius 2 is 2.00 bits per heavy atom. The van der Waals surface area contributed by atoms with Crippen molar-refractivity contribution in [1.29, 1.82) is 0 Å². The van der Waals surface area contributed by atoms with Crippen molar-refractivity contribution < 1.29 is 10.0 Å². The van der Waals surface area contributed by atoms with Gasteiger partial charge in [-0.25, -0.2) is 4.98 Å². The molecular weight excluding hydrogens is 188 g/mol. The van der Waals surface area contributed by atoms with E-state index in [4.69, 9.17) is 33.2 Å². The van der Waals surface area contributed by atoms with E-state index in [0.717, 1.165) is 0 Å². The second-order valence-electron chi connectivity index (χ2n) is 1.90.